The summed E-state index contributed by atoms with van der Waals surface area (Å²) < 4.78 is 0. The molecule has 1 aliphatic rings. The van der Waals surface area contributed by atoms with Gasteiger partial charge in [-0.05, 0) is 22.3 Å². The van der Waals surface area contributed by atoms with Gasteiger partial charge in [-0.2, -0.15) is 0 Å². The quantitative estimate of drug-likeness (QED) is 0.604. The van der Waals surface area contributed by atoms with Crippen molar-refractivity contribution >= 4 is 5.57 Å². The molecule has 0 fully saturated rings. The van der Waals surface area contributed by atoms with Gasteiger partial charge in [-0.3, -0.25) is 0 Å². The van der Waals surface area contributed by atoms with E-state index in [9.17, 15) is 0 Å². The molecule has 0 bridgehead atoms. The van der Waals surface area contributed by atoms with Crippen LogP contribution >= 0.6 is 0 Å². The summed E-state index contributed by atoms with van der Waals surface area (Å²) in [5.41, 5.74) is 5.09. The fourth-order valence-electron chi connectivity index (χ4n) is 2.90. The van der Waals surface area contributed by atoms with Crippen LogP contribution in [0.1, 0.15) is 29.2 Å². The van der Waals surface area contributed by atoms with Crippen LogP contribution in [0.4, 0.5) is 0 Å². The zero-order chi connectivity index (χ0) is 13.5. The topological polar surface area (TPSA) is 4.36 Å². The van der Waals surface area contributed by atoms with Crippen molar-refractivity contribution in [2.45, 2.75) is 18.9 Å². The van der Waals surface area contributed by atoms with Crippen molar-refractivity contribution in [1.29, 1.82) is 0 Å². The van der Waals surface area contributed by atoms with Crippen LogP contribution in [0, 0.1) is 6.57 Å². The maximum Gasteiger partial charge on any atom is 0.259 e. The molecule has 0 saturated carbocycles. The van der Waals surface area contributed by atoms with E-state index in [0.29, 0.717) is 0 Å². The molecule has 1 heteroatoms. The smallest absolute Gasteiger partial charge is 0.259 e. The number of benzene rings is 2. The van der Waals surface area contributed by atoms with Crippen LogP contribution in [0.5, 0.6) is 0 Å². The summed E-state index contributed by atoms with van der Waals surface area (Å²) in [6.45, 7) is 13.9. The van der Waals surface area contributed by atoms with Gasteiger partial charge in [-0.15, -0.1) is 0 Å². The largest absolute Gasteiger partial charge is 0.305 e. The Kier molecular flexibility index (Phi) is 2.54. The molecule has 0 radical (unpaired) electrons. The average molecular weight is 245 g/mol. The zero-order valence-corrected chi connectivity index (χ0v) is 11.0. The number of fused-ring (bicyclic) bond motifs is 2. The van der Waals surface area contributed by atoms with E-state index >= 15 is 0 Å². The second-order valence-electron chi connectivity index (χ2n) is 5.24. The van der Waals surface area contributed by atoms with Crippen LogP contribution < -0.4 is 0 Å². The van der Waals surface area contributed by atoms with E-state index in [2.05, 4.69) is 35.7 Å². The number of hydrogen-bond acceptors (Lipinski definition) is 0. The van der Waals surface area contributed by atoms with E-state index in [4.69, 9.17) is 6.57 Å². The summed E-state index contributed by atoms with van der Waals surface area (Å²) in [6.07, 6.45) is 0.739. The lowest BCUT2D eigenvalue weighted by molar-refractivity contribution is 0.587. The molecule has 1 aliphatic carbocycles. The number of nitrogens with zero attached hydrogens (tertiary/aromatic N) is 1. The third kappa shape index (κ3) is 1.69. The summed E-state index contributed by atoms with van der Waals surface area (Å²) in [7, 11) is 0. The molecule has 1 atom stereocenters. The minimum absolute atomic E-state index is 0.508. The fraction of sp³-hybridized carbons (Fsp3) is 0.167. The summed E-state index contributed by atoms with van der Waals surface area (Å²) >= 11 is 0. The van der Waals surface area contributed by atoms with Gasteiger partial charge in [0.05, 0.1) is 6.42 Å². The maximum absolute atomic E-state index is 7.62. The van der Waals surface area contributed by atoms with E-state index in [-0.39, 0.29) is 0 Å². The second-order valence-corrected chi connectivity index (χ2v) is 5.24. The van der Waals surface area contributed by atoms with Crippen LogP contribution in [0.3, 0.4) is 0 Å². The highest BCUT2D eigenvalue weighted by Gasteiger charge is 2.38. The summed E-state index contributed by atoms with van der Waals surface area (Å²) in [5, 5.41) is 0. The van der Waals surface area contributed by atoms with Crippen LogP contribution in [-0.2, 0) is 12.0 Å². The molecule has 2 aromatic carbocycles. The molecule has 0 N–H and O–H groups in total. The van der Waals surface area contributed by atoms with Gasteiger partial charge in [0.25, 0.3) is 5.54 Å². The molecule has 92 valence electrons. The monoisotopic (exact) mass is 245 g/mol. The Morgan fingerprint density at radius 1 is 1.05 bits per heavy atom. The van der Waals surface area contributed by atoms with E-state index in [1.54, 1.807) is 0 Å². The predicted molar refractivity (Wildman–Crippen MR) is 78.7 cm³/mol. The Morgan fingerprint density at radius 2 is 1.68 bits per heavy atom. The summed E-state index contributed by atoms with van der Waals surface area (Å²) in [5.74, 6) is 0. The van der Waals surface area contributed by atoms with E-state index in [1.165, 1.54) is 11.1 Å². The van der Waals surface area contributed by atoms with E-state index < -0.39 is 5.54 Å². The molecule has 3 rings (SSSR count). The van der Waals surface area contributed by atoms with Crippen molar-refractivity contribution in [3.05, 3.63) is 88.8 Å². The van der Waals surface area contributed by atoms with Crippen LogP contribution in [0.2, 0.25) is 0 Å². The molecule has 1 nitrogen and oxygen atoms in total. The Bertz CT molecular complexity index is 706. The fourth-order valence-corrected chi connectivity index (χ4v) is 2.90. The van der Waals surface area contributed by atoms with Crippen molar-refractivity contribution in [2.24, 2.45) is 0 Å². The van der Waals surface area contributed by atoms with Crippen molar-refractivity contribution in [2.75, 3.05) is 0 Å². The lowest BCUT2D eigenvalue weighted by atomic mass is 9.85. The van der Waals surface area contributed by atoms with E-state index in [0.717, 1.165) is 23.1 Å². The number of hydrogen-bond donors (Lipinski definition) is 0. The Morgan fingerprint density at radius 3 is 2.42 bits per heavy atom. The summed E-state index contributed by atoms with van der Waals surface area (Å²) in [6, 6.07) is 16.4. The first-order chi connectivity index (χ1) is 9.15. The molecule has 0 saturated heterocycles. The van der Waals surface area contributed by atoms with E-state index in [1.807, 2.05) is 31.2 Å². The number of rotatable bonds is 0. The van der Waals surface area contributed by atoms with Gasteiger partial charge in [0.1, 0.15) is 0 Å². The SMILES string of the molecule is [C-]#[N+]C1(C)Cc2ccccc2C(=C)c2ccccc21. The van der Waals surface area contributed by atoms with Gasteiger partial charge in [0, 0.05) is 12.5 Å². The minimum Gasteiger partial charge on any atom is -0.305 e. The van der Waals surface area contributed by atoms with Crippen molar-refractivity contribution < 1.29 is 0 Å². The highest BCUT2D eigenvalue weighted by molar-refractivity contribution is 5.83. The first-order valence-electron chi connectivity index (χ1n) is 6.41. The first-order valence-corrected chi connectivity index (χ1v) is 6.41. The van der Waals surface area contributed by atoms with Crippen LogP contribution in [0.15, 0.2) is 55.1 Å². The van der Waals surface area contributed by atoms with Gasteiger partial charge < -0.3 is 4.85 Å². The zero-order valence-electron chi connectivity index (χ0n) is 11.0. The highest BCUT2D eigenvalue weighted by Crippen LogP contribution is 2.41. The lowest BCUT2D eigenvalue weighted by Gasteiger charge is -2.17. The Balaban J connectivity index is 2.35. The first kappa shape index (κ1) is 11.7. The van der Waals surface area contributed by atoms with Crippen molar-refractivity contribution in [1.82, 2.24) is 0 Å². The molecule has 1 unspecified atom stereocenters. The molecule has 0 heterocycles. The summed E-state index contributed by atoms with van der Waals surface area (Å²) in [4.78, 5) is 3.92. The van der Waals surface area contributed by atoms with Gasteiger partial charge in [0.2, 0.25) is 0 Å². The second kappa shape index (κ2) is 4.10. The Hall–Kier alpha value is -2.33. The third-order valence-electron chi connectivity index (χ3n) is 3.96. The third-order valence-corrected chi connectivity index (χ3v) is 3.96. The minimum atomic E-state index is -0.508. The molecule has 19 heavy (non-hydrogen) atoms. The normalized spacial score (nSPS) is 20.9. The lowest BCUT2D eigenvalue weighted by Crippen LogP contribution is -2.20. The van der Waals surface area contributed by atoms with Gasteiger partial charge >= 0.3 is 0 Å². The van der Waals surface area contributed by atoms with Crippen molar-refractivity contribution in [3.63, 3.8) is 0 Å². The molecular formula is C18H15N. The van der Waals surface area contributed by atoms with Crippen LogP contribution in [0.25, 0.3) is 10.4 Å². The van der Waals surface area contributed by atoms with Gasteiger partial charge in [-0.25, -0.2) is 6.57 Å². The standard InChI is InChI=1S/C18H15N/c1-13-15-9-5-4-8-14(15)12-18(2,19-3)17-11-7-6-10-16(13)17/h4-11H,1,12H2,2H3. The molecule has 2 aromatic rings. The van der Waals surface area contributed by atoms with Gasteiger partial charge in [-0.1, -0.05) is 55.1 Å². The Labute approximate surface area is 114 Å². The average Bonchev–Trinajstić information content (AvgIpc) is 2.55. The molecule has 0 spiro atoms. The van der Waals surface area contributed by atoms with Gasteiger partial charge in [0.15, 0.2) is 0 Å². The van der Waals surface area contributed by atoms with Crippen LogP contribution in [-0.4, -0.2) is 0 Å². The molecule has 0 aromatic heterocycles. The highest BCUT2D eigenvalue weighted by atomic mass is 14.8. The molecular weight excluding hydrogens is 230 g/mol. The van der Waals surface area contributed by atoms with Crippen molar-refractivity contribution in [3.8, 4) is 0 Å². The molecule has 0 amide bonds. The predicted octanol–water partition coefficient (Wildman–Crippen LogP) is 4.44. The maximum atomic E-state index is 7.62. The molecule has 0 aliphatic heterocycles.